The third-order valence-corrected chi connectivity index (χ3v) is 3.57. The Labute approximate surface area is 121 Å². The highest BCUT2D eigenvalue weighted by molar-refractivity contribution is 6.01. The van der Waals surface area contributed by atoms with Gasteiger partial charge in [0.05, 0.1) is 0 Å². The first-order chi connectivity index (χ1) is 10.1. The Hall–Kier alpha value is -2.63. The molecule has 1 N–H and O–H groups in total. The molecule has 1 aromatic carbocycles. The van der Waals surface area contributed by atoms with Gasteiger partial charge < -0.3 is 14.7 Å². The number of hydrogen-bond donors (Lipinski definition) is 1. The highest BCUT2D eigenvalue weighted by Gasteiger charge is 2.31. The van der Waals surface area contributed by atoms with Crippen LogP contribution in [0.2, 0.25) is 0 Å². The molecule has 0 saturated carbocycles. The third kappa shape index (κ3) is 2.40. The number of amides is 2. The average molecular weight is 285 g/mol. The van der Waals surface area contributed by atoms with Crippen LogP contribution in [-0.2, 0) is 11.3 Å². The van der Waals surface area contributed by atoms with Crippen molar-refractivity contribution < 1.29 is 14.1 Å². The van der Waals surface area contributed by atoms with Crippen LogP contribution in [0.5, 0.6) is 0 Å². The van der Waals surface area contributed by atoms with E-state index >= 15 is 0 Å². The molecule has 1 aliphatic rings. The van der Waals surface area contributed by atoms with Crippen molar-refractivity contribution >= 4 is 17.5 Å². The molecule has 1 aliphatic heterocycles. The van der Waals surface area contributed by atoms with Gasteiger partial charge in [0.1, 0.15) is 11.8 Å². The summed E-state index contributed by atoms with van der Waals surface area (Å²) in [4.78, 5) is 26.2. The summed E-state index contributed by atoms with van der Waals surface area (Å²) in [6.07, 6.45) is 0. The topological polar surface area (TPSA) is 75.4 Å². The van der Waals surface area contributed by atoms with Crippen LogP contribution in [0.4, 0.5) is 5.69 Å². The molecule has 0 saturated heterocycles. The summed E-state index contributed by atoms with van der Waals surface area (Å²) in [5.41, 5.74) is 1.84. The van der Waals surface area contributed by atoms with E-state index in [0.29, 0.717) is 12.3 Å². The number of hydrogen-bond acceptors (Lipinski definition) is 4. The van der Waals surface area contributed by atoms with Crippen LogP contribution in [-0.4, -0.2) is 27.9 Å². The Morgan fingerprint density at radius 1 is 1.43 bits per heavy atom. The zero-order valence-electron chi connectivity index (χ0n) is 11.8. The largest absolute Gasteiger partial charge is 0.361 e. The number of para-hydroxylation sites is 1. The first kappa shape index (κ1) is 13.4. The minimum absolute atomic E-state index is 0.214. The van der Waals surface area contributed by atoms with Gasteiger partial charge in [-0.2, -0.15) is 0 Å². The van der Waals surface area contributed by atoms with Crippen LogP contribution in [0.15, 0.2) is 34.9 Å². The van der Waals surface area contributed by atoms with E-state index in [9.17, 15) is 9.59 Å². The number of aryl methyl sites for hydroxylation is 1. The van der Waals surface area contributed by atoms with Gasteiger partial charge in [-0.15, -0.1) is 0 Å². The first-order valence-electron chi connectivity index (χ1n) is 6.69. The van der Waals surface area contributed by atoms with Crippen molar-refractivity contribution in [2.45, 2.75) is 26.4 Å². The smallest absolute Gasteiger partial charge is 0.277 e. The van der Waals surface area contributed by atoms with E-state index in [2.05, 4.69) is 10.5 Å². The quantitative estimate of drug-likeness (QED) is 0.869. The summed E-state index contributed by atoms with van der Waals surface area (Å²) in [5, 5.41) is 6.58. The average Bonchev–Trinajstić information content (AvgIpc) is 2.86. The number of rotatable bonds is 1. The molecule has 2 heterocycles. The lowest BCUT2D eigenvalue weighted by molar-refractivity contribution is -0.120. The van der Waals surface area contributed by atoms with E-state index in [4.69, 9.17) is 4.52 Å². The van der Waals surface area contributed by atoms with E-state index in [1.54, 1.807) is 19.9 Å². The number of nitrogens with zero attached hydrogens (tertiary/aromatic N) is 2. The molecule has 0 radical (unpaired) electrons. The molecule has 108 valence electrons. The van der Waals surface area contributed by atoms with Crippen molar-refractivity contribution in [1.29, 1.82) is 0 Å². The Morgan fingerprint density at radius 2 is 2.19 bits per heavy atom. The maximum Gasteiger partial charge on any atom is 0.277 e. The number of anilines is 1. The summed E-state index contributed by atoms with van der Waals surface area (Å²) in [7, 11) is 0. The highest BCUT2D eigenvalue weighted by atomic mass is 16.5. The van der Waals surface area contributed by atoms with Crippen molar-refractivity contribution in [3.8, 4) is 0 Å². The number of carbonyl (C=O) groups excluding carboxylic acids is 2. The Bertz CT molecular complexity index is 708. The summed E-state index contributed by atoms with van der Waals surface area (Å²) in [5.74, 6) is 0.0328. The fourth-order valence-electron chi connectivity index (χ4n) is 2.34. The van der Waals surface area contributed by atoms with Crippen LogP contribution in [0.1, 0.15) is 28.7 Å². The predicted molar refractivity (Wildman–Crippen MR) is 75.6 cm³/mol. The van der Waals surface area contributed by atoms with Crippen molar-refractivity contribution in [2.24, 2.45) is 0 Å². The van der Waals surface area contributed by atoms with Gasteiger partial charge in [-0.25, -0.2) is 0 Å². The number of benzene rings is 1. The molecule has 0 aliphatic carbocycles. The molecule has 6 nitrogen and oxygen atoms in total. The molecule has 0 spiro atoms. The second-order valence-electron chi connectivity index (χ2n) is 5.08. The zero-order valence-corrected chi connectivity index (χ0v) is 11.8. The number of carbonyl (C=O) groups is 2. The van der Waals surface area contributed by atoms with Crippen LogP contribution < -0.4 is 5.32 Å². The van der Waals surface area contributed by atoms with Gasteiger partial charge in [0.2, 0.25) is 5.91 Å². The van der Waals surface area contributed by atoms with E-state index in [0.717, 1.165) is 11.3 Å². The van der Waals surface area contributed by atoms with Gasteiger partial charge in [-0.05, 0) is 25.5 Å². The van der Waals surface area contributed by atoms with Gasteiger partial charge in [0.25, 0.3) is 5.91 Å². The molecule has 2 amide bonds. The first-order valence-corrected chi connectivity index (χ1v) is 6.69. The lowest BCUT2D eigenvalue weighted by Gasteiger charge is -2.24. The van der Waals surface area contributed by atoms with Gasteiger partial charge in [-0.1, -0.05) is 23.4 Å². The van der Waals surface area contributed by atoms with E-state index in [1.807, 2.05) is 24.3 Å². The number of aromatic nitrogens is 1. The van der Waals surface area contributed by atoms with Crippen LogP contribution in [0.3, 0.4) is 0 Å². The van der Waals surface area contributed by atoms with Crippen LogP contribution in [0, 0.1) is 6.92 Å². The van der Waals surface area contributed by atoms with Gasteiger partial charge in [-0.3, -0.25) is 9.59 Å². The molecular weight excluding hydrogens is 270 g/mol. The van der Waals surface area contributed by atoms with Gasteiger partial charge in [0.15, 0.2) is 5.69 Å². The molecule has 0 fully saturated rings. The number of nitrogens with one attached hydrogen (secondary N) is 1. The SMILES string of the molecule is Cc1cc(C(=O)N2Cc3ccccc3NC(=O)C2C)no1. The zero-order chi connectivity index (χ0) is 15.0. The minimum Gasteiger partial charge on any atom is -0.361 e. The summed E-state index contributed by atoms with van der Waals surface area (Å²) >= 11 is 0. The van der Waals surface area contributed by atoms with Gasteiger partial charge >= 0.3 is 0 Å². The molecule has 1 aromatic heterocycles. The minimum atomic E-state index is -0.582. The van der Waals surface area contributed by atoms with Crippen molar-refractivity contribution in [1.82, 2.24) is 10.1 Å². The van der Waals surface area contributed by atoms with Crippen LogP contribution >= 0.6 is 0 Å². The molecule has 21 heavy (non-hydrogen) atoms. The van der Waals surface area contributed by atoms with Crippen molar-refractivity contribution in [2.75, 3.05) is 5.32 Å². The lowest BCUT2D eigenvalue weighted by Crippen LogP contribution is -2.43. The molecular formula is C15H15N3O3. The van der Waals surface area contributed by atoms with Crippen molar-refractivity contribution in [3.63, 3.8) is 0 Å². The predicted octanol–water partition coefficient (Wildman–Crippen LogP) is 1.97. The molecule has 1 atom stereocenters. The standard InChI is InChI=1S/C15H15N3O3/c1-9-7-13(17-21-9)15(20)18-8-11-5-3-4-6-12(11)16-14(19)10(18)2/h3-7,10H,8H2,1-2H3,(H,16,19). The van der Waals surface area contributed by atoms with Gasteiger partial charge in [0, 0.05) is 18.3 Å². The second kappa shape index (κ2) is 5.05. The molecule has 3 rings (SSSR count). The van der Waals surface area contributed by atoms with Crippen molar-refractivity contribution in [3.05, 3.63) is 47.3 Å². The monoisotopic (exact) mass is 285 g/mol. The van der Waals surface area contributed by atoms with Crippen LogP contribution in [0.25, 0.3) is 0 Å². The highest BCUT2D eigenvalue weighted by Crippen LogP contribution is 2.24. The van der Waals surface area contributed by atoms with E-state index < -0.39 is 6.04 Å². The van der Waals surface area contributed by atoms with E-state index in [-0.39, 0.29) is 17.5 Å². The fourth-order valence-corrected chi connectivity index (χ4v) is 2.34. The maximum atomic E-state index is 12.6. The summed E-state index contributed by atoms with van der Waals surface area (Å²) < 4.78 is 4.94. The summed E-state index contributed by atoms with van der Waals surface area (Å²) in [6, 6.07) is 8.44. The van der Waals surface area contributed by atoms with E-state index in [1.165, 1.54) is 4.90 Å². The fraction of sp³-hybridized carbons (Fsp3) is 0.267. The second-order valence-corrected chi connectivity index (χ2v) is 5.08. The number of fused-ring (bicyclic) bond motifs is 1. The molecule has 1 unspecified atom stereocenters. The maximum absolute atomic E-state index is 12.6. The Balaban J connectivity index is 1.97. The lowest BCUT2D eigenvalue weighted by atomic mass is 10.1. The summed E-state index contributed by atoms with van der Waals surface area (Å²) in [6.45, 7) is 3.77. The molecule has 6 heteroatoms. The third-order valence-electron chi connectivity index (χ3n) is 3.57. The Kier molecular flexibility index (Phi) is 3.21. The molecule has 2 aromatic rings. The normalized spacial score (nSPS) is 17.9. The molecule has 0 bridgehead atoms. The Morgan fingerprint density at radius 3 is 2.90 bits per heavy atom.